The van der Waals surface area contributed by atoms with Crippen LogP contribution in [0.15, 0.2) is 24.3 Å². The third kappa shape index (κ3) is 5.26. The predicted molar refractivity (Wildman–Crippen MR) is 114 cm³/mol. The van der Waals surface area contributed by atoms with E-state index >= 15 is 0 Å². The summed E-state index contributed by atoms with van der Waals surface area (Å²) in [5.74, 6) is 1.77. The van der Waals surface area contributed by atoms with E-state index < -0.39 is 5.97 Å². The molecule has 2 aromatic rings. The van der Waals surface area contributed by atoms with Gasteiger partial charge in [0.15, 0.2) is 0 Å². The molecule has 6 heteroatoms. The van der Waals surface area contributed by atoms with Crippen LogP contribution in [0.5, 0.6) is 0 Å². The van der Waals surface area contributed by atoms with Crippen LogP contribution in [0.2, 0.25) is 0 Å². The van der Waals surface area contributed by atoms with Gasteiger partial charge in [0.1, 0.15) is 5.82 Å². The molecule has 1 saturated heterocycles. The van der Waals surface area contributed by atoms with Gasteiger partial charge in [-0.3, -0.25) is 4.79 Å². The van der Waals surface area contributed by atoms with Crippen LogP contribution in [-0.4, -0.2) is 45.6 Å². The predicted octanol–water partition coefficient (Wildman–Crippen LogP) is 4.52. The molecule has 0 amide bonds. The maximum atomic E-state index is 11.4. The minimum Gasteiger partial charge on any atom is -0.481 e. The first-order valence-corrected chi connectivity index (χ1v) is 10.5. The van der Waals surface area contributed by atoms with E-state index in [-0.39, 0.29) is 24.7 Å². The summed E-state index contributed by atoms with van der Waals surface area (Å²) in [4.78, 5) is 22.1. The number of piperidine rings is 1. The van der Waals surface area contributed by atoms with E-state index in [4.69, 9.17) is 4.98 Å². The van der Waals surface area contributed by atoms with Gasteiger partial charge < -0.3 is 15.0 Å². The molecule has 0 unspecified atom stereocenters. The fourth-order valence-corrected chi connectivity index (χ4v) is 5.13. The van der Waals surface area contributed by atoms with Gasteiger partial charge >= 0.3 is 5.97 Å². The molecule has 28 heavy (non-hydrogen) atoms. The molecular weight excluding hydrogens is 374 g/mol. The zero-order chi connectivity index (χ0) is 18.6. The minimum atomic E-state index is -0.671. The number of hydrogen-bond donors (Lipinski definition) is 2. The number of hydrogen-bond acceptors (Lipinski definition) is 3. The van der Waals surface area contributed by atoms with Crippen molar-refractivity contribution in [1.82, 2.24) is 14.9 Å². The lowest BCUT2D eigenvalue weighted by molar-refractivity contribution is -0.139. The Labute approximate surface area is 173 Å². The fourth-order valence-electron chi connectivity index (χ4n) is 5.13. The van der Waals surface area contributed by atoms with Crippen molar-refractivity contribution in [2.45, 2.75) is 51.4 Å². The second kappa shape index (κ2) is 9.75. The van der Waals surface area contributed by atoms with E-state index in [0.717, 1.165) is 48.7 Å². The SMILES string of the molecule is Cl.O=C(O)C[C@@H]1CCN(CC2CCCCC2)C[C@@H]1Cc1nc2ccccc2[nH]1. The molecule has 154 valence electrons. The number of imidazole rings is 1. The second-order valence-electron chi connectivity index (χ2n) is 8.58. The lowest BCUT2D eigenvalue weighted by Gasteiger charge is -2.40. The molecule has 1 aromatic carbocycles. The molecule has 1 aliphatic carbocycles. The van der Waals surface area contributed by atoms with E-state index in [9.17, 15) is 9.90 Å². The van der Waals surface area contributed by atoms with Gasteiger partial charge in [-0.2, -0.15) is 0 Å². The standard InChI is InChI=1S/C22H31N3O2.ClH/c26-22(27)13-17-10-11-25(14-16-6-2-1-3-7-16)15-18(17)12-21-23-19-8-4-5-9-20(19)24-21;/h4-5,8-9,16-18H,1-3,6-7,10-15H2,(H,23,24)(H,26,27);1H/t17-,18-;/m0./s1. The van der Waals surface area contributed by atoms with Gasteiger partial charge in [-0.1, -0.05) is 31.4 Å². The molecule has 2 fully saturated rings. The quantitative estimate of drug-likeness (QED) is 0.741. The molecule has 2 N–H and O–H groups in total. The summed E-state index contributed by atoms with van der Waals surface area (Å²) in [5.41, 5.74) is 2.06. The number of aliphatic carboxylic acids is 1. The second-order valence-corrected chi connectivity index (χ2v) is 8.58. The number of aromatic amines is 1. The van der Waals surface area contributed by atoms with Crippen LogP contribution in [0.4, 0.5) is 0 Å². The molecule has 1 aromatic heterocycles. The summed E-state index contributed by atoms with van der Waals surface area (Å²) >= 11 is 0. The van der Waals surface area contributed by atoms with Crippen LogP contribution in [-0.2, 0) is 11.2 Å². The van der Waals surface area contributed by atoms with Crippen LogP contribution >= 0.6 is 12.4 Å². The monoisotopic (exact) mass is 405 g/mol. The third-order valence-electron chi connectivity index (χ3n) is 6.55. The molecule has 2 heterocycles. The number of carbonyl (C=O) groups is 1. The van der Waals surface area contributed by atoms with E-state index in [1.165, 1.54) is 38.6 Å². The number of carboxylic acids is 1. The van der Waals surface area contributed by atoms with E-state index in [1.807, 2.05) is 18.2 Å². The molecule has 0 spiro atoms. The number of fused-ring (bicyclic) bond motifs is 1. The van der Waals surface area contributed by atoms with Gasteiger partial charge in [-0.15, -0.1) is 12.4 Å². The van der Waals surface area contributed by atoms with Crippen molar-refractivity contribution >= 4 is 29.4 Å². The number of carboxylic acid groups (broad SMARTS) is 1. The number of benzene rings is 1. The average Bonchev–Trinajstić information content (AvgIpc) is 3.07. The highest BCUT2D eigenvalue weighted by Crippen LogP contribution is 2.32. The highest BCUT2D eigenvalue weighted by molar-refractivity contribution is 5.85. The summed E-state index contributed by atoms with van der Waals surface area (Å²) < 4.78 is 0. The minimum absolute atomic E-state index is 0. The maximum Gasteiger partial charge on any atom is 0.303 e. The molecule has 1 aliphatic heterocycles. The maximum absolute atomic E-state index is 11.4. The molecule has 2 atom stereocenters. The number of nitrogens with zero attached hydrogens (tertiary/aromatic N) is 2. The van der Waals surface area contributed by atoms with E-state index in [1.54, 1.807) is 0 Å². The van der Waals surface area contributed by atoms with Crippen LogP contribution in [0.1, 0.15) is 50.8 Å². The highest BCUT2D eigenvalue weighted by atomic mass is 35.5. The average molecular weight is 406 g/mol. The number of halogens is 1. The number of rotatable bonds is 6. The van der Waals surface area contributed by atoms with Crippen molar-refractivity contribution in [1.29, 1.82) is 0 Å². The van der Waals surface area contributed by atoms with Crippen LogP contribution in [0.3, 0.4) is 0 Å². The number of aromatic nitrogens is 2. The first-order chi connectivity index (χ1) is 13.2. The summed E-state index contributed by atoms with van der Waals surface area (Å²) in [5, 5.41) is 9.35. The number of para-hydroxylation sites is 2. The Bertz CT molecular complexity index is 739. The van der Waals surface area contributed by atoms with Crippen molar-refractivity contribution in [2.75, 3.05) is 19.6 Å². The molecular formula is C22H32ClN3O2. The van der Waals surface area contributed by atoms with Gasteiger partial charge in [-0.05, 0) is 55.7 Å². The smallest absolute Gasteiger partial charge is 0.303 e. The zero-order valence-electron chi connectivity index (χ0n) is 16.5. The number of nitrogens with one attached hydrogen (secondary N) is 1. The Morgan fingerprint density at radius 3 is 2.68 bits per heavy atom. The van der Waals surface area contributed by atoms with Crippen molar-refractivity contribution < 1.29 is 9.90 Å². The molecule has 1 saturated carbocycles. The highest BCUT2D eigenvalue weighted by Gasteiger charge is 2.32. The summed E-state index contributed by atoms with van der Waals surface area (Å²) in [6.07, 6.45) is 8.99. The summed E-state index contributed by atoms with van der Waals surface area (Å²) in [6, 6.07) is 8.11. The lowest BCUT2D eigenvalue weighted by Crippen LogP contribution is -2.44. The normalized spacial score (nSPS) is 24.1. The molecule has 0 bridgehead atoms. The lowest BCUT2D eigenvalue weighted by atomic mass is 9.80. The van der Waals surface area contributed by atoms with Gasteiger partial charge in [0.05, 0.1) is 11.0 Å². The zero-order valence-corrected chi connectivity index (χ0v) is 17.3. The summed E-state index contributed by atoms with van der Waals surface area (Å²) in [6.45, 7) is 3.24. The van der Waals surface area contributed by atoms with Gasteiger partial charge in [0.25, 0.3) is 0 Å². The summed E-state index contributed by atoms with van der Waals surface area (Å²) in [7, 11) is 0. The first-order valence-electron chi connectivity index (χ1n) is 10.5. The van der Waals surface area contributed by atoms with E-state index in [0.29, 0.717) is 5.92 Å². The van der Waals surface area contributed by atoms with E-state index in [2.05, 4.69) is 16.0 Å². The van der Waals surface area contributed by atoms with Crippen molar-refractivity contribution in [3.8, 4) is 0 Å². The molecule has 0 radical (unpaired) electrons. The Kier molecular flexibility index (Phi) is 7.36. The van der Waals surface area contributed by atoms with Crippen LogP contribution in [0, 0.1) is 17.8 Å². The largest absolute Gasteiger partial charge is 0.481 e. The van der Waals surface area contributed by atoms with Crippen molar-refractivity contribution in [2.24, 2.45) is 17.8 Å². The van der Waals surface area contributed by atoms with Gasteiger partial charge in [0, 0.05) is 25.9 Å². The Morgan fingerprint density at radius 2 is 1.93 bits per heavy atom. The topological polar surface area (TPSA) is 69.2 Å². The Hall–Kier alpha value is -1.59. The fraction of sp³-hybridized carbons (Fsp3) is 0.636. The van der Waals surface area contributed by atoms with Crippen molar-refractivity contribution in [3.05, 3.63) is 30.1 Å². The van der Waals surface area contributed by atoms with Crippen LogP contribution in [0.25, 0.3) is 11.0 Å². The van der Waals surface area contributed by atoms with Gasteiger partial charge in [0.2, 0.25) is 0 Å². The Morgan fingerprint density at radius 1 is 1.14 bits per heavy atom. The Balaban J connectivity index is 0.00000225. The number of H-pyrrole nitrogens is 1. The molecule has 4 rings (SSSR count). The van der Waals surface area contributed by atoms with Crippen LogP contribution < -0.4 is 0 Å². The molecule has 2 aliphatic rings. The number of likely N-dealkylation sites (tertiary alicyclic amines) is 1. The first kappa shape index (κ1) is 21.1. The van der Waals surface area contributed by atoms with Gasteiger partial charge in [-0.25, -0.2) is 4.98 Å². The third-order valence-corrected chi connectivity index (χ3v) is 6.55. The molecule has 5 nitrogen and oxygen atoms in total. The van der Waals surface area contributed by atoms with Crippen molar-refractivity contribution in [3.63, 3.8) is 0 Å².